The highest BCUT2D eigenvalue weighted by molar-refractivity contribution is 9.10. The van der Waals surface area contributed by atoms with Crippen molar-refractivity contribution in [2.75, 3.05) is 0 Å². The molecule has 1 saturated heterocycles. The number of carbonyl (C=O) groups excluding carboxylic acids is 1. The third-order valence-corrected chi connectivity index (χ3v) is 6.77. The Morgan fingerprint density at radius 2 is 1.79 bits per heavy atom. The molecule has 2 aromatic rings. The molecule has 1 fully saturated rings. The van der Waals surface area contributed by atoms with Crippen molar-refractivity contribution < 1.29 is 4.79 Å². The molecule has 4 nitrogen and oxygen atoms in total. The van der Waals surface area contributed by atoms with E-state index in [1.165, 1.54) is 17.3 Å². The molecule has 0 aliphatic carbocycles. The van der Waals surface area contributed by atoms with Gasteiger partial charge >= 0.3 is 0 Å². The van der Waals surface area contributed by atoms with Crippen LogP contribution in [0.5, 0.6) is 0 Å². The van der Waals surface area contributed by atoms with Crippen LogP contribution in [0.3, 0.4) is 0 Å². The monoisotopic (exact) mass is 473 g/mol. The summed E-state index contributed by atoms with van der Waals surface area (Å²) in [6.45, 7) is 14.4. The van der Waals surface area contributed by atoms with E-state index in [1.54, 1.807) is 4.90 Å². The van der Waals surface area contributed by atoms with Crippen LogP contribution in [-0.4, -0.2) is 32.6 Å². The summed E-state index contributed by atoms with van der Waals surface area (Å²) in [5.41, 5.74) is 5.65. The van der Waals surface area contributed by atoms with Gasteiger partial charge in [-0.2, -0.15) is 0 Å². The maximum absolute atomic E-state index is 13.0. The molecule has 1 aliphatic rings. The molecule has 0 radical (unpaired) electrons. The molecular formula is C23H28BrN3OS. The number of nitrogens with zero attached hydrogens (tertiary/aromatic N) is 3. The molecule has 3 rings (SSSR count). The van der Waals surface area contributed by atoms with Gasteiger partial charge in [-0.05, 0) is 102 Å². The van der Waals surface area contributed by atoms with Gasteiger partial charge in [-0.3, -0.25) is 14.7 Å². The normalized spacial score (nSPS) is 17.6. The highest BCUT2D eigenvalue weighted by Gasteiger charge is 2.35. The van der Waals surface area contributed by atoms with Crippen molar-refractivity contribution in [1.29, 1.82) is 0 Å². The summed E-state index contributed by atoms with van der Waals surface area (Å²) in [6, 6.07) is 8.73. The second-order valence-electron chi connectivity index (χ2n) is 7.98. The van der Waals surface area contributed by atoms with Gasteiger partial charge in [-0.25, -0.2) is 0 Å². The molecule has 0 N–H and O–H groups in total. The second-order valence-corrected chi connectivity index (χ2v) is 9.84. The van der Waals surface area contributed by atoms with E-state index in [1.807, 2.05) is 33.8 Å². The van der Waals surface area contributed by atoms with Gasteiger partial charge in [0, 0.05) is 33.6 Å². The number of amides is 1. The van der Waals surface area contributed by atoms with Gasteiger partial charge in [0.05, 0.1) is 4.91 Å². The lowest BCUT2D eigenvalue weighted by Gasteiger charge is -2.20. The van der Waals surface area contributed by atoms with Gasteiger partial charge in [0.15, 0.2) is 5.17 Å². The quantitative estimate of drug-likeness (QED) is 0.491. The Kier molecular flexibility index (Phi) is 6.44. The Morgan fingerprint density at radius 3 is 2.38 bits per heavy atom. The molecular weight excluding hydrogens is 446 g/mol. The molecule has 1 aromatic heterocycles. The minimum Gasteiger partial charge on any atom is -0.318 e. The third kappa shape index (κ3) is 4.38. The van der Waals surface area contributed by atoms with Crippen molar-refractivity contribution in [2.24, 2.45) is 4.99 Å². The molecule has 0 saturated carbocycles. The number of aryl methyl sites for hydroxylation is 2. The summed E-state index contributed by atoms with van der Waals surface area (Å²) in [5.74, 6) is 0.0358. The zero-order valence-electron chi connectivity index (χ0n) is 18.1. The summed E-state index contributed by atoms with van der Waals surface area (Å²) >= 11 is 5.05. The first kappa shape index (κ1) is 21.9. The number of aromatic nitrogens is 1. The van der Waals surface area contributed by atoms with Crippen LogP contribution in [0, 0.1) is 20.8 Å². The van der Waals surface area contributed by atoms with Crippen LogP contribution in [0.15, 0.2) is 38.6 Å². The third-order valence-electron chi connectivity index (χ3n) is 4.88. The smallest absolute Gasteiger partial charge is 0.266 e. The number of amidine groups is 1. The van der Waals surface area contributed by atoms with E-state index in [0.29, 0.717) is 0 Å². The van der Waals surface area contributed by atoms with Crippen LogP contribution in [0.4, 0.5) is 0 Å². The number of aliphatic imine (C=N–C) groups is 1. The van der Waals surface area contributed by atoms with Gasteiger partial charge in [-0.1, -0.05) is 15.9 Å². The number of hydrogen-bond acceptors (Lipinski definition) is 3. The minimum atomic E-state index is 0.0358. The Bertz CT molecular complexity index is 1020. The van der Waals surface area contributed by atoms with Gasteiger partial charge in [0.25, 0.3) is 5.91 Å². The predicted molar refractivity (Wildman–Crippen MR) is 128 cm³/mol. The fourth-order valence-corrected chi connectivity index (χ4v) is 4.96. The van der Waals surface area contributed by atoms with Gasteiger partial charge < -0.3 is 4.57 Å². The summed E-state index contributed by atoms with van der Waals surface area (Å²) < 4.78 is 3.34. The minimum absolute atomic E-state index is 0.0358. The van der Waals surface area contributed by atoms with Crippen molar-refractivity contribution in [2.45, 2.75) is 60.5 Å². The SMILES string of the molecule is Cc1cc(-n2c(C)cc(/C=C3/SC(=NC(C)C)N(C(C)C)C3=O)c2C)ccc1Br. The van der Waals surface area contributed by atoms with Crippen LogP contribution in [0.2, 0.25) is 0 Å². The van der Waals surface area contributed by atoms with Crippen LogP contribution in [0.25, 0.3) is 11.8 Å². The molecule has 1 aromatic carbocycles. The molecule has 2 heterocycles. The molecule has 0 unspecified atom stereocenters. The lowest BCUT2D eigenvalue weighted by atomic mass is 10.2. The van der Waals surface area contributed by atoms with Crippen LogP contribution in [-0.2, 0) is 4.79 Å². The topological polar surface area (TPSA) is 37.6 Å². The lowest BCUT2D eigenvalue weighted by molar-refractivity contribution is -0.123. The average Bonchev–Trinajstić information content (AvgIpc) is 3.06. The molecule has 1 aliphatic heterocycles. The van der Waals surface area contributed by atoms with E-state index in [4.69, 9.17) is 0 Å². The van der Waals surface area contributed by atoms with Crippen molar-refractivity contribution in [1.82, 2.24) is 9.47 Å². The van der Waals surface area contributed by atoms with Crippen LogP contribution in [0.1, 0.15) is 50.2 Å². The van der Waals surface area contributed by atoms with E-state index >= 15 is 0 Å². The molecule has 29 heavy (non-hydrogen) atoms. The van der Waals surface area contributed by atoms with E-state index in [9.17, 15) is 4.79 Å². The van der Waals surface area contributed by atoms with E-state index < -0.39 is 0 Å². The first-order valence-electron chi connectivity index (χ1n) is 9.86. The molecule has 0 bridgehead atoms. The average molecular weight is 474 g/mol. The first-order chi connectivity index (χ1) is 13.6. The number of carbonyl (C=O) groups is 1. The van der Waals surface area contributed by atoms with Crippen molar-refractivity contribution in [3.63, 3.8) is 0 Å². The zero-order chi connectivity index (χ0) is 21.5. The summed E-state index contributed by atoms with van der Waals surface area (Å²) in [7, 11) is 0. The fourth-order valence-electron chi connectivity index (χ4n) is 3.49. The maximum Gasteiger partial charge on any atom is 0.266 e. The Hall–Kier alpha value is -1.79. The number of halogens is 1. The van der Waals surface area contributed by atoms with Crippen LogP contribution >= 0.6 is 27.7 Å². The number of hydrogen-bond donors (Lipinski definition) is 0. The van der Waals surface area contributed by atoms with E-state index in [2.05, 4.69) is 70.5 Å². The lowest BCUT2D eigenvalue weighted by Crippen LogP contribution is -2.35. The largest absolute Gasteiger partial charge is 0.318 e. The Morgan fingerprint density at radius 1 is 1.10 bits per heavy atom. The van der Waals surface area contributed by atoms with Gasteiger partial charge in [0.2, 0.25) is 0 Å². The predicted octanol–water partition coefficient (Wildman–Crippen LogP) is 6.25. The van der Waals surface area contributed by atoms with E-state index in [0.717, 1.165) is 37.2 Å². The Balaban J connectivity index is 2.03. The standard InChI is InChI=1S/C23H28BrN3OS/c1-13(2)25-23-26(14(3)4)22(28)21(29-23)12-18-11-16(6)27(17(18)7)19-8-9-20(24)15(5)10-19/h8-14H,1-7H3/b21-12+,25-23?. The highest BCUT2D eigenvalue weighted by Crippen LogP contribution is 2.35. The summed E-state index contributed by atoms with van der Waals surface area (Å²) in [4.78, 5) is 20.2. The molecule has 1 amide bonds. The van der Waals surface area contributed by atoms with Crippen molar-refractivity contribution in [3.05, 3.63) is 56.2 Å². The highest BCUT2D eigenvalue weighted by atomic mass is 79.9. The molecule has 0 atom stereocenters. The van der Waals surface area contributed by atoms with Crippen molar-refractivity contribution >= 4 is 44.8 Å². The molecule has 154 valence electrons. The second kappa shape index (κ2) is 8.52. The summed E-state index contributed by atoms with van der Waals surface area (Å²) in [6.07, 6.45) is 2.01. The van der Waals surface area contributed by atoms with Gasteiger partial charge in [-0.15, -0.1) is 0 Å². The van der Waals surface area contributed by atoms with E-state index in [-0.39, 0.29) is 18.0 Å². The molecule has 6 heteroatoms. The van der Waals surface area contributed by atoms with Crippen LogP contribution < -0.4 is 0 Å². The van der Waals surface area contributed by atoms with Gasteiger partial charge in [0.1, 0.15) is 0 Å². The summed E-state index contributed by atoms with van der Waals surface area (Å²) in [5, 5.41) is 0.795. The molecule has 0 spiro atoms. The Labute approximate surface area is 186 Å². The zero-order valence-corrected chi connectivity index (χ0v) is 20.5. The number of thioether (sulfide) groups is 1. The first-order valence-corrected chi connectivity index (χ1v) is 11.5. The number of rotatable bonds is 4. The number of benzene rings is 1. The fraction of sp³-hybridized carbons (Fsp3) is 0.391. The maximum atomic E-state index is 13.0. The van der Waals surface area contributed by atoms with Crippen molar-refractivity contribution in [3.8, 4) is 5.69 Å².